The lowest BCUT2D eigenvalue weighted by molar-refractivity contribution is -0.205. The second-order valence-corrected chi connectivity index (χ2v) is 9.17. The van der Waals surface area contributed by atoms with E-state index in [1.807, 2.05) is 0 Å². The monoisotopic (exact) mass is 551 g/mol. The van der Waals surface area contributed by atoms with Crippen molar-refractivity contribution in [2.45, 2.75) is 43.8 Å². The number of hydrogen-bond donors (Lipinski definition) is 3. The molecule has 0 amide bonds. The smallest absolute Gasteiger partial charge is 0.194 e. The quantitative estimate of drug-likeness (QED) is 0.307. The molecule has 38 heavy (non-hydrogen) atoms. The van der Waals surface area contributed by atoms with Gasteiger partial charge in [-0.2, -0.15) is 0 Å². The van der Waals surface area contributed by atoms with Crippen LogP contribution in [-0.2, 0) is 4.74 Å². The van der Waals surface area contributed by atoms with Gasteiger partial charge in [-0.15, -0.1) is 15.3 Å². The van der Waals surface area contributed by atoms with Crippen molar-refractivity contribution in [3.8, 4) is 16.9 Å². The summed E-state index contributed by atoms with van der Waals surface area (Å²) in [6.45, 7) is 1.41. The first-order valence-corrected chi connectivity index (χ1v) is 11.8. The molecule has 0 aliphatic carbocycles. The van der Waals surface area contributed by atoms with Crippen molar-refractivity contribution in [3.05, 3.63) is 70.9 Å². The molecule has 0 radical (unpaired) electrons. The Morgan fingerprint density at radius 1 is 1.08 bits per heavy atom. The molecule has 11 nitrogen and oxygen atoms in total. The van der Waals surface area contributed by atoms with Gasteiger partial charge in [0.25, 0.3) is 0 Å². The zero-order valence-corrected chi connectivity index (χ0v) is 20.4. The van der Waals surface area contributed by atoms with Crippen LogP contribution < -0.4 is 0 Å². The maximum Gasteiger partial charge on any atom is 0.194 e. The summed E-state index contributed by atoms with van der Waals surface area (Å²) in [7, 11) is 0. The van der Waals surface area contributed by atoms with Crippen LogP contribution in [0.15, 0.2) is 36.9 Å². The summed E-state index contributed by atoms with van der Waals surface area (Å²) >= 11 is 6.12. The van der Waals surface area contributed by atoms with E-state index in [-0.39, 0.29) is 30.1 Å². The Morgan fingerprint density at radius 2 is 1.82 bits per heavy atom. The summed E-state index contributed by atoms with van der Waals surface area (Å²) in [6.07, 6.45) is -0.897. The number of benzene rings is 1. The van der Waals surface area contributed by atoms with Gasteiger partial charge in [-0.3, -0.25) is 9.55 Å². The Hall–Kier alpha value is -3.43. The maximum absolute atomic E-state index is 13.8. The molecule has 3 N–H and O–H groups in total. The molecule has 1 aliphatic heterocycles. The van der Waals surface area contributed by atoms with Gasteiger partial charge in [-0.05, 0) is 31.5 Å². The molecule has 0 spiro atoms. The van der Waals surface area contributed by atoms with Gasteiger partial charge in [-0.25, -0.2) is 17.9 Å². The number of rotatable bonds is 6. The van der Waals surface area contributed by atoms with Crippen molar-refractivity contribution in [2.75, 3.05) is 6.61 Å². The highest BCUT2D eigenvalue weighted by Crippen LogP contribution is 2.39. The fourth-order valence-electron chi connectivity index (χ4n) is 4.47. The number of nitrogens with zero attached hydrogens (tertiary/aromatic N) is 7. The molecule has 5 rings (SSSR count). The van der Waals surface area contributed by atoms with E-state index in [4.69, 9.17) is 16.3 Å². The van der Waals surface area contributed by atoms with Crippen molar-refractivity contribution in [1.82, 2.24) is 34.7 Å². The van der Waals surface area contributed by atoms with E-state index in [2.05, 4.69) is 25.5 Å². The van der Waals surface area contributed by atoms with Crippen LogP contribution in [0.25, 0.3) is 16.9 Å². The average Bonchev–Trinajstić information content (AvgIpc) is 3.56. The SMILES string of the molecule is Cc1ncc(Cl)cc1-n1cnnc1[C@@H]1O[C@H](CCO)[C@H](O)[C@H](n2cc(-c3cc(F)c(F)c(F)c3)nn2)[C@H]1O. The molecule has 200 valence electrons. The average molecular weight is 552 g/mol. The fourth-order valence-corrected chi connectivity index (χ4v) is 4.62. The highest BCUT2D eigenvalue weighted by atomic mass is 35.5. The van der Waals surface area contributed by atoms with Gasteiger partial charge >= 0.3 is 0 Å². The lowest BCUT2D eigenvalue weighted by Gasteiger charge is -2.42. The number of aryl methyl sites for hydroxylation is 1. The van der Waals surface area contributed by atoms with Crippen LogP contribution in [0.3, 0.4) is 0 Å². The summed E-state index contributed by atoms with van der Waals surface area (Å²) in [6, 6.07) is 1.95. The molecule has 1 aliphatic rings. The number of aliphatic hydroxyl groups is 3. The number of aromatic nitrogens is 7. The molecule has 15 heteroatoms. The van der Waals surface area contributed by atoms with E-state index in [0.29, 0.717) is 16.4 Å². The van der Waals surface area contributed by atoms with Gasteiger partial charge in [0.2, 0.25) is 0 Å². The van der Waals surface area contributed by atoms with Crippen LogP contribution in [0.5, 0.6) is 0 Å². The van der Waals surface area contributed by atoms with E-state index < -0.39 is 47.9 Å². The van der Waals surface area contributed by atoms with Crippen LogP contribution in [0.4, 0.5) is 13.2 Å². The summed E-state index contributed by atoms with van der Waals surface area (Å²) in [5.41, 5.74) is 0.977. The van der Waals surface area contributed by atoms with Gasteiger partial charge in [0, 0.05) is 18.4 Å². The van der Waals surface area contributed by atoms with Gasteiger partial charge < -0.3 is 20.1 Å². The van der Waals surface area contributed by atoms with Crippen molar-refractivity contribution in [2.24, 2.45) is 0 Å². The summed E-state index contributed by atoms with van der Waals surface area (Å²) in [5.74, 6) is -4.28. The fraction of sp³-hybridized carbons (Fsp3) is 0.348. The van der Waals surface area contributed by atoms with Crippen LogP contribution in [0, 0.1) is 24.4 Å². The molecule has 1 aromatic carbocycles. The molecule has 0 saturated carbocycles. The van der Waals surface area contributed by atoms with Gasteiger partial charge in [0.15, 0.2) is 23.3 Å². The number of ether oxygens (including phenoxy) is 1. The minimum absolute atomic E-state index is 0.00269. The first-order valence-electron chi connectivity index (χ1n) is 11.4. The Balaban J connectivity index is 1.54. The molecule has 1 saturated heterocycles. The molecule has 4 heterocycles. The maximum atomic E-state index is 13.8. The minimum Gasteiger partial charge on any atom is -0.396 e. The van der Waals surface area contributed by atoms with Crippen LogP contribution in [0.1, 0.15) is 30.1 Å². The van der Waals surface area contributed by atoms with Gasteiger partial charge in [-0.1, -0.05) is 16.8 Å². The Kier molecular flexibility index (Phi) is 7.15. The first-order chi connectivity index (χ1) is 18.2. The summed E-state index contributed by atoms with van der Waals surface area (Å²) < 4.78 is 49.6. The predicted octanol–water partition coefficient (Wildman–Crippen LogP) is 2.09. The molecule has 3 aromatic heterocycles. The Bertz CT molecular complexity index is 1450. The standard InChI is InChI=1S/C23H21ClF3N7O4/c1-10-16(6-12(24)7-28-10)33-9-29-31-23(33)22-21(37)19(20(36)17(38-22)2-3-35)34-8-15(30-32-34)11-4-13(25)18(27)14(26)5-11/h4-9,17,19-22,35-37H,2-3H2,1H3/t17-,19+,20+,21-,22-/m1/s1. The zero-order chi connectivity index (χ0) is 27.1. The third-order valence-corrected chi connectivity index (χ3v) is 6.54. The number of hydrogen-bond acceptors (Lipinski definition) is 9. The van der Waals surface area contributed by atoms with E-state index in [1.165, 1.54) is 23.3 Å². The number of halogens is 4. The molecular weight excluding hydrogens is 531 g/mol. The highest BCUT2D eigenvalue weighted by Gasteiger charge is 2.48. The van der Waals surface area contributed by atoms with Crippen LogP contribution in [-0.4, -0.2) is 75.0 Å². The highest BCUT2D eigenvalue weighted by molar-refractivity contribution is 6.30. The molecule has 5 atom stereocenters. The lowest BCUT2D eigenvalue weighted by Crippen LogP contribution is -2.52. The molecule has 4 aromatic rings. The van der Waals surface area contributed by atoms with Gasteiger partial charge in [0.05, 0.1) is 28.7 Å². The normalized spacial score (nSPS) is 23.6. The Labute approximate surface area is 218 Å². The summed E-state index contributed by atoms with van der Waals surface area (Å²) in [5, 5.41) is 48.2. The van der Waals surface area contributed by atoms with Crippen molar-refractivity contribution >= 4 is 11.6 Å². The predicted molar refractivity (Wildman–Crippen MR) is 125 cm³/mol. The first kappa shape index (κ1) is 26.2. The molecular formula is C23H21ClF3N7O4. The summed E-state index contributed by atoms with van der Waals surface area (Å²) in [4.78, 5) is 4.22. The van der Waals surface area contributed by atoms with E-state index in [1.54, 1.807) is 13.0 Å². The second-order valence-electron chi connectivity index (χ2n) is 8.73. The van der Waals surface area contributed by atoms with Crippen molar-refractivity contribution < 1.29 is 33.2 Å². The van der Waals surface area contributed by atoms with Gasteiger partial charge in [0.1, 0.15) is 36.4 Å². The minimum atomic E-state index is -1.62. The molecule has 1 fully saturated rings. The van der Waals surface area contributed by atoms with Crippen molar-refractivity contribution in [3.63, 3.8) is 0 Å². The lowest BCUT2D eigenvalue weighted by atomic mass is 9.90. The van der Waals surface area contributed by atoms with Crippen LogP contribution >= 0.6 is 11.6 Å². The van der Waals surface area contributed by atoms with E-state index >= 15 is 0 Å². The third-order valence-electron chi connectivity index (χ3n) is 6.34. The van der Waals surface area contributed by atoms with Crippen molar-refractivity contribution in [1.29, 1.82) is 0 Å². The number of aliphatic hydroxyl groups excluding tert-OH is 3. The topological polar surface area (TPSA) is 144 Å². The third kappa shape index (κ3) is 4.65. The molecule has 0 bridgehead atoms. The largest absolute Gasteiger partial charge is 0.396 e. The number of pyridine rings is 1. The van der Waals surface area contributed by atoms with E-state index in [9.17, 15) is 28.5 Å². The molecule has 0 unspecified atom stereocenters. The zero-order valence-electron chi connectivity index (χ0n) is 19.7. The van der Waals surface area contributed by atoms with E-state index in [0.717, 1.165) is 16.8 Å². The Morgan fingerprint density at radius 3 is 2.53 bits per heavy atom. The second kappa shape index (κ2) is 10.4. The van der Waals surface area contributed by atoms with Crippen LogP contribution in [0.2, 0.25) is 5.02 Å².